The Bertz CT molecular complexity index is 909. The first-order valence-corrected chi connectivity index (χ1v) is 10.1. The maximum atomic E-state index is 12.5. The second kappa shape index (κ2) is 10.0. The van der Waals surface area contributed by atoms with Crippen molar-refractivity contribution in [2.24, 2.45) is 0 Å². The van der Waals surface area contributed by atoms with Crippen molar-refractivity contribution < 1.29 is 9.59 Å². The van der Waals surface area contributed by atoms with Crippen LogP contribution >= 0.6 is 24.0 Å². The first kappa shape index (κ1) is 20.0. The molecule has 4 nitrogen and oxygen atoms in total. The zero-order valence-electron chi connectivity index (χ0n) is 15.2. The summed E-state index contributed by atoms with van der Waals surface area (Å²) in [6, 6.07) is 19.6. The maximum Gasteiger partial charge on any atom is 0.266 e. The molecule has 0 saturated carbocycles. The number of carbonyl (C=O) groups excluding carboxylic acids is 2. The van der Waals surface area contributed by atoms with E-state index in [-0.39, 0.29) is 24.8 Å². The molecular formula is C22H20N2O2S2. The first-order valence-electron chi connectivity index (χ1n) is 8.91. The topological polar surface area (TPSA) is 49.4 Å². The van der Waals surface area contributed by atoms with Gasteiger partial charge in [0.15, 0.2) is 0 Å². The van der Waals surface area contributed by atoms with E-state index in [1.54, 1.807) is 6.08 Å². The van der Waals surface area contributed by atoms with Gasteiger partial charge in [0.2, 0.25) is 5.91 Å². The van der Waals surface area contributed by atoms with Crippen molar-refractivity contribution in [2.45, 2.75) is 13.0 Å². The summed E-state index contributed by atoms with van der Waals surface area (Å²) in [4.78, 5) is 26.7. The van der Waals surface area contributed by atoms with Crippen LogP contribution in [0.3, 0.4) is 0 Å². The molecule has 1 saturated heterocycles. The van der Waals surface area contributed by atoms with Crippen molar-refractivity contribution in [3.8, 4) is 0 Å². The number of benzene rings is 2. The summed E-state index contributed by atoms with van der Waals surface area (Å²) in [6.07, 6.45) is 5.76. The van der Waals surface area contributed by atoms with Crippen molar-refractivity contribution in [2.75, 3.05) is 6.54 Å². The van der Waals surface area contributed by atoms with E-state index in [9.17, 15) is 9.59 Å². The molecule has 0 aromatic heterocycles. The minimum Gasteiger partial charge on any atom is -0.352 e. The standard InChI is InChI=1S/C22H20N2O2S2/c25-20(23-16-18-10-5-2-6-11-18)14-15-24-21(26)19(28-22(24)27)13-7-12-17-8-3-1-4-9-17/h1-13H,14-16H2,(H,23,25)/b12-7+,19-13-. The van der Waals surface area contributed by atoms with Crippen LogP contribution in [0.1, 0.15) is 17.5 Å². The highest BCUT2D eigenvalue weighted by Gasteiger charge is 2.31. The van der Waals surface area contributed by atoms with Gasteiger partial charge in [0.05, 0.1) is 4.91 Å². The van der Waals surface area contributed by atoms with Gasteiger partial charge in [-0.15, -0.1) is 0 Å². The quantitative estimate of drug-likeness (QED) is 0.552. The molecule has 0 unspecified atom stereocenters. The summed E-state index contributed by atoms with van der Waals surface area (Å²) in [5.74, 6) is -0.255. The maximum absolute atomic E-state index is 12.5. The van der Waals surface area contributed by atoms with Crippen molar-refractivity contribution in [3.05, 3.63) is 88.8 Å². The van der Waals surface area contributed by atoms with Gasteiger partial charge in [0.25, 0.3) is 5.91 Å². The molecule has 2 amide bonds. The Morgan fingerprint density at radius 3 is 2.46 bits per heavy atom. The number of hydrogen-bond donors (Lipinski definition) is 1. The fourth-order valence-corrected chi connectivity index (χ4v) is 3.88. The third-order valence-electron chi connectivity index (χ3n) is 4.10. The molecule has 28 heavy (non-hydrogen) atoms. The molecule has 2 aromatic carbocycles. The smallest absolute Gasteiger partial charge is 0.266 e. The molecule has 142 valence electrons. The van der Waals surface area contributed by atoms with Crippen molar-refractivity contribution >= 4 is 46.2 Å². The molecule has 0 radical (unpaired) electrons. The largest absolute Gasteiger partial charge is 0.352 e. The average Bonchev–Trinajstić information content (AvgIpc) is 2.99. The van der Waals surface area contributed by atoms with E-state index < -0.39 is 0 Å². The van der Waals surface area contributed by atoms with Crippen LogP contribution < -0.4 is 5.32 Å². The van der Waals surface area contributed by atoms with Crippen LogP contribution in [0, 0.1) is 0 Å². The molecule has 1 aliphatic rings. The van der Waals surface area contributed by atoms with Gasteiger partial charge >= 0.3 is 0 Å². The first-order chi connectivity index (χ1) is 13.6. The Kier molecular flexibility index (Phi) is 7.17. The van der Waals surface area contributed by atoms with Crippen LogP contribution in [0.5, 0.6) is 0 Å². The highest BCUT2D eigenvalue weighted by molar-refractivity contribution is 8.26. The number of allylic oxidation sites excluding steroid dienone is 2. The number of hydrogen-bond acceptors (Lipinski definition) is 4. The third-order valence-corrected chi connectivity index (χ3v) is 5.50. The number of nitrogens with zero attached hydrogens (tertiary/aromatic N) is 1. The number of thioether (sulfide) groups is 1. The van der Waals surface area contributed by atoms with Gasteiger partial charge in [-0.05, 0) is 17.2 Å². The minimum atomic E-state index is -0.149. The van der Waals surface area contributed by atoms with E-state index in [0.29, 0.717) is 15.8 Å². The Morgan fingerprint density at radius 1 is 1.07 bits per heavy atom. The Morgan fingerprint density at radius 2 is 1.75 bits per heavy atom. The van der Waals surface area contributed by atoms with E-state index in [1.165, 1.54) is 16.7 Å². The number of rotatable bonds is 7. The molecule has 1 N–H and O–H groups in total. The van der Waals surface area contributed by atoms with Gasteiger partial charge in [-0.3, -0.25) is 14.5 Å². The van der Waals surface area contributed by atoms with Gasteiger partial charge in [-0.1, -0.05) is 96.8 Å². The van der Waals surface area contributed by atoms with Gasteiger partial charge in [-0.25, -0.2) is 0 Å². The van der Waals surface area contributed by atoms with Gasteiger partial charge in [-0.2, -0.15) is 0 Å². The van der Waals surface area contributed by atoms with Crippen LogP contribution in [-0.4, -0.2) is 27.6 Å². The van der Waals surface area contributed by atoms with Crippen LogP contribution in [-0.2, 0) is 16.1 Å². The normalized spacial score (nSPS) is 15.6. The Hall–Kier alpha value is -2.70. The van der Waals surface area contributed by atoms with Crippen LogP contribution in [0.4, 0.5) is 0 Å². The fourth-order valence-electron chi connectivity index (χ4n) is 2.62. The van der Waals surface area contributed by atoms with E-state index in [0.717, 1.165) is 11.1 Å². The SMILES string of the molecule is O=C(CCN1C(=O)/C(=C/C=C/c2ccccc2)SC1=S)NCc1ccccc1. The Labute approximate surface area is 174 Å². The summed E-state index contributed by atoms with van der Waals surface area (Å²) < 4.78 is 0.486. The van der Waals surface area contributed by atoms with E-state index >= 15 is 0 Å². The third kappa shape index (κ3) is 5.65. The predicted octanol–water partition coefficient (Wildman–Crippen LogP) is 4.15. The lowest BCUT2D eigenvalue weighted by molar-refractivity contribution is -0.124. The highest BCUT2D eigenvalue weighted by Crippen LogP contribution is 2.31. The van der Waals surface area contributed by atoms with Crippen molar-refractivity contribution in [1.29, 1.82) is 0 Å². The second-order valence-corrected chi connectivity index (χ2v) is 7.81. The summed E-state index contributed by atoms with van der Waals surface area (Å²) in [5, 5.41) is 2.86. The molecule has 1 fully saturated rings. The lowest BCUT2D eigenvalue weighted by atomic mass is 10.2. The molecule has 1 aliphatic heterocycles. The summed E-state index contributed by atoms with van der Waals surface area (Å²) in [7, 11) is 0. The molecule has 3 rings (SSSR count). The molecular weight excluding hydrogens is 388 g/mol. The van der Waals surface area contributed by atoms with Gasteiger partial charge in [0, 0.05) is 19.5 Å². The van der Waals surface area contributed by atoms with Crippen molar-refractivity contribution in [1.82, 2.24) is 10.2 Å². The van der Waals surface area contributed by atoms with E-state index in [1.807, 2.05) is 72.8 Å². The summed E-state index contributed by atoms with van der Waals surface area (Å²) >= 11 is 6.57. The second-order valence-electron chi connectivity index (χ2n) is 6.14. The fraction of sp³-hybridized carbons (Fsp3) is 0.136. The number of carbonyl (C=O) groups is 2. The summed E-state index contributed by atoms with van der Waals surface area (Å²) in [6.45, 7) is 0.757. The van der Waals surface area contributed by atoms with E-state index in [4.69, 9.17) is 12.2 Å². The zero-order chi connectivity index (χ0) is 19.8. The van der Waals surface area contributed by atoms with Gasteiger partial charge in [0.1, 0.15) is 4.32 Å². The van der Waals surface area contributed by atoms with Crippen molar-refractivity contribution in [3.63, 3.8) is 0 Å². The average molecular weight is 409 g/mol. The minimum absolute atomic E-state index is 0.106. The number of nitrogens with one attached hydrogen (secondary N) is 1. The Balaban J connectivity index is 1.50. The van der Waals surface area contributed by atoms with Gasteiger partial charge < -0.3 is 5.32 Å². The monoisotopic (exact) mass is 408 g/mol. The molecule has 0 spiro atoms. The predicted molar refractivity (Wildman–Crippen MR) is 118 cm³/mol. The highest BCUT2D eigenvalue weighted by atomic mass is 32.2. The molecule has 1 heterocycles. The zero-order valence-corrected chi connectivity index (χ0v) is 16.8. The number of thiocarbonyl (C=S) groups is 1. The summed E-state index contributed by atoms with van der Waals surface area (Å²) in [5.41, 5.74) is 2.10. The van der Waals surface area contributed by atoms with Crippen LogP contribution in [0.15, 0.2) is 77.7 Å². The molecule has 6 heteroatoms. The molecule has 0 aliphatic carbocycles. The molecule has 0 atom stereocenters. The van der Waals surface area contributed by atoms with E-state index in [2.05, 4.69) is 5.32 Å². The molecule has 0 bridgehead atoms. The molecule has 2 aromatic rings. The lowest BCUT2D eigenvalue weighted by Gasteiger charge is -2.14. The van der Waals surface area contributed by atoms with Crippen LogP contribution in [0.25, 0.3) is 6.08 Å². The lowest BCUT2D eigenvalue weighted by Crippen LogP contribution is -2.33. The number of amides is 2. The van der Waals surface area contributed by atoms with Crippen LogP contribution in [0.2, 0.25) is 0 Å².